The van der Waals surface area contributed by atoms with E-state index in [4.69, 9.17) is 10.7 Å². The Bertz CT molecular complexity index is 643. The maximum absolute atomic E-state index is 11.6. The van der Waals surface area contributed by atoms with Crippen molar-refractivity contribution in [1.82, 2.24) is 15.6 Å². The monoisotopic (exact) mass is 488 g/mol. The lowest BCUT2D eigenvalue weighted by molar-refractivity contribution is -0.122. The van der Waals surface area contributed by atoms with E-state index in [0.29, 0.717) is 13.1 Å². The van der Waals surface area contributed by atoms with Crippen LogP contribution < -0.4 is 21.3 Å². The Kier molecular flexibility index (Phi) is 9.28. The summed E-state index contributed by atoms with van der Waals surface area (Å²) in [5.41, 5.74) is 6.49. The Morgan fingerprint density at radius 1 is 1.44 bits per heavy atom. The number of amides is 1. The molecule has 0 spiro atoms. The minimum absolute atomic E-state index is 0. The van der Waals surface area contributed by atoms with Gasteiger partial charge in [-0.05, 0) is 46.6 Å². The van der Waals surface area contributed by atoms with E-state index in [9.17, 15) is 4.79 Å². The molecule has 1 aromatic heterocycles. The van der Waals surface area contributed by atoms with E-state index < -0.39 is 0 Å². The molecule has 1 amide bonds. The van der Waals surface area contributed by atoms with E-state index in [1.165, 1.54) is 0 Å². The average molecular weight is 488 g/mol. The smallest absolute Gasteiger partial charge is 0.222 e. The molecule has 152 valence electrons. The number of aromatic nitrogens is 1. The summed E-state index contributed by atoms with van der Waals surface area (Å²) in [6, 6.07) is 3.97. The highest BCUT2D eigenvalue weighted by Gasteiger charge is 2.26. The molecule has 8 heteroatoms. The molecule has 1 fully saturated rings. The fourth-order valence-electron chi connectivity index (χ4n) is 3.07. The maximum atomic E-state index is 11.6. The van der Waals surface area contributed by atoms with Crippen molar-refractivity contribution >= 4 is 41.7 Å². The minimum Gasteiger partial charge on any atom is -0.369 e. The summed E-state index contributed by atoms with van der Waals surface area (Å²) in [7, 11) is 0. The van der Waals surface area contributed by atoms with Crippen LogP contribution in [0.25, 0.3) is 0 Å². The number of nitrogens with zero attached hydrogens (tertiary/aromatic N) is 3. The van der Waals surface area contributed by atoms with E-state index in [-0.39, 0.29) is 41.3 Å². The first-order chi connectivity index (χ1) is 12.3. The van der Waals surface area contributed by atoms with Crippen molar-refractivity contribution in [3.05, 3.63) is 23.9 Å². The summed E-state index contributed by atoms with van der Waals surface area (Å²) in [6.45, 7) is 11.2. The third kappa shape index (κ3) is 7.51. The van der Waals surface area contributed by atoms with Gasteiger partial charge in [-0.3, -0.25) is 4.79 Å². The van der Waals surface area contributed by atoms with Gasteiger partial charge < -0.3 is 21.3 Å². The lowest BCUT2D eigenvalue weighted by Crippen LogP contribution is -2.47. The number of rotatable bonds is 5. The van der Waals surface area contributed by atoms with Gasteiger partial charge in [-0.15, -0.1) is 24.0 Å². The van der Waals surface area contributed by atoms with Crippen LogP contribution >= 0.6 is 24.0 Å². The Balaban J connectivity index is 0.00000364. The van der Waals surface area contributed by atoms with Gasteiger partial charge in [0.2, 0.25) is 5.91 Å². The lowest BCUT2D eigenvalue weighted by atomic mass is 9.97. The molecule has 1 aliphatic rings. The highest BCUT2D eigenvalue weighted by atomic mass is 127. The summed E-state index contributed by atoms with van der Waals surface area (Å²) < 4.78 is 0. The number of guanidine groups is 1. The molecule has 27 heavy (non-hydrogen) atoms. The molecule has 4 N–H and O–H groups in total. The second kappa shape index (κ2) is 10.7. The van der Waals surface area contributed by atoms with E-state index in [1.807, 2.05) is 19.1 Å². The van der Waals surface area contributed by atoms with Crippen LogP contribution in [0.1, 0.15) is 46.1 Å². The second-order valence-corrected chi connectivity index (χ2v) is 7.74. The Hall–Kier alpha value is -1.58. The standard InChI is InChI=1S/C19H32N6O.HI/c1-5-21-18(24-19(2,3)4)23-12-14-8-6-10-22-17(14)25-11-7-9-15(13-25)16(20)26;/h6,8,10,15H,5,7,9,11-13H2,1-4H3,(H2,20,26)(H2,21,23,24);1H. The van der Waals surface area contributed by atoms with Crippen molar-refractivity contribution in [3.63, 3.8) is 0 Å². The zero-order valence-electron chi connectivity index (χ0n) is 16.8. The maximum Gasteiger partial charge on any atom is 0.222 e. The lowest BCUT2D eigenvalue weighted by Gasteiger charge is -2.33. The molecular weight excluding hydrogens is 455 g/mol. The number of primary amides is 1. The van der Waals surface area contributed by atoms with Gasteiger partial charge in [0.05, 0.1) is 12.5 Å². The average Bonchev–Trinajstić information content (AvgIpc) is 2.59. The van der Waals surface area contributed by atoms with Crippen LogP contribution in [-0.4, -0.2) is 42.0 Å². The molecule has 0 radical (unpaired) electrons. The molecule has 1 atom stereocenters. The van der Waals surface area contributed by atoms with Gasteiger partial charge in [0.25, 0.3) is 0 Å². The van der Waals surface area contributed by atoms with Crippen LogP contribution in [0, 0.1) is 5.92 Å². The van der Waals surface area contributed by atoms with Crippen LogP contribution in [0.4, 0.5) is 5.82 Å². The summed E-state index contributed by atoms with van der Waals surface area (Å²) in [6.07, 6.45) is 3.59. The van der Waals surface area contributed by atoms with Gasteiger partial charge in [-0.1, -0.05) is 6.07 Å². The van der Waals surface area contributed by atoms with Gasteiger partial charge in [0.15, 0.2) is 5.96 Å². The van der Waals surface area contributed by atoms with Gasteiger partial charge >= 0.3 is 0 Å². The molecule has 7 nitrogen and oxygen atoms in total. The fourth-order valence-corrected chi connectivity index (χ4v) is 3.07. The largest absolute Gasteiger partial charge is 0.369 e. The van der Waals surface area contributed by atoms with E-state index in [1.54, 1.807) is 6.20 Å². The van der Waals surface area contributed by atoms with E-state index in [2.05, 4.69) is 41.3 Å². The number of carbonyl (C=O) groups excluding carboxylic acids is 1. The first kappa shape index (κ1) is 23.5. The zero-order chi connectivity index (χ0) is 19.2. The second-order valence-electron chi connectivity index (χ2n) is 7.74. The highest BCUT2D eigenvalue weighted by Crippen LogP contribution is 2.24. The number of halogens is 1. The van der Waals surface area contributed by atoms with Crippen LogP contribution in [0.5, 0.6) is 0 Å². The number of piperidine rings is 1. The third-order valence-electron chi connectivity index (χ3n) is 4.24. The van der Waals surface area contributed by atoms with Crippen molar-refractivity contribution < 1.29 is 4.79 Å². The van der Waals surface area contributed by atoms with Gasteiger partial charge in [-0.25, -0.2) is 9.98 Å². The Morgan fingerprint density at radius 3 is 2.81 bits per heavy atom. The molecule has 1 aliphatic heterocycles. The van der Waals surface area contributed by atoms with Crippen molar-refractivity contribution in [2.45, 2.75) is 52.6 Å². The molecule has 0 aliphatic carbocycles. The molecule has 0 saturated carbocycles. The normalized spacial score (nSPS) is 17.9. The van der Waals surface area contributed by atoms with Crippen molar-refractivity contribution in [2.24, 2.45) is 16.6 Å². The Labute approximate surface area is 179 Å². The summed E-state index contributed by atoms with van der Waals surface area (Å²) in [4.78, 5) is 23.0. The zero-order valence-corrected chi connectivity index (χ0v) is 19.1. The fraction of sp³-hybridized carbons (Fsp3) is 0.632. The third-order valence-corrected chi connectivity index (χ3v) is 4.24. The van der Waals surface area contributed by atoms with Crippen molar-refractivity contribution in [2.75, 3.05) is 24.5 Å². The number of carbonyl (C=O) groups is 1. The molecule has 2 rings (SSSR count). The number of nitrogens with one attached hydrogen (secondary N) is 2. The molecule has 0 bridgehead atoms. The van der Waals surface area contributed by atoms with Gasteiger partial charge in [-0.2, -0.15) is 0 Å². The SMILES string of the molecule is CCNC(=NCc1cccnc1N1CCCC(C(N)=O)C1)NC(C)(C)C.I. The number of hydrogen-bond acceptors (Lipinski definition) is 4. The molecule has 1 unspecified atom stereocenters. The van der Waals surface area contributed by atoms with Crippen LogP contribution in [0.15, 0.2) is 23.3 Å². The van der Waals surface area contributed by atoms with Crippen LogP contribution in [0.3, 0.4) is 0 Å². The predicted octanol–water partition coefficient (Wildman–Crippen LogP) is 2.25. The van der Waals surface area contributed by atoms with Crippen LogP contribution in [-0.2, 0) is 11.3 Å². The first-order valence-electron chi connectivity index (χ1n) is 9.35. The molecule has 1 saturated heterocycles. The van der Waals surface area contributed by atoms with E-state index in [0.717, 1.165) is 43.3 Å². The molecule has 1 aromatic rings. The van der Waals surface area contributed by atoms with Crippen LogP contribution in [0.2, 0.25) is 0 Å². The molecular formula is C19H33IN6O. The molecule has 2 heterocycles. The summed E-state index contributed by atoms with van der Waals surface area (Å²) in [5.74, 6) is 1.34. The number of aliphatic imine (C=N–C) groups is 1. The summed E-state index contributed by atoms with van der Waals surface area (Å²) >= 11 is 0. The van der Waals surface area contributed by atoms with Gasteiger partial charge in [0, 0.05) is 36.9 Å². The minimum atomic E-state index is -0.228. The number of hydrogen-bond donors (Lipinski definition) is 3. The summed E-state index contributed by atoms with van der Waals surface area (Å²) in [5, 5.41) is 6.67. The topological polar surface area (TPSA) is 95.6 Å². The first-order valence-corrected chi connectivity index (χ1v) is 9.35. The Morgan fingerprint density at radius 2 is 2.19 bits per heavy atom. The van der Waals surface area contributed by atoms with Gasteiger partial charge in [0.1, 0.15) is 5.82 Å². The highest BCUT2D eigenvalue weighted by molar-refractivity contribution is 14.0. The predicted molar refractivity (Wildman–Crippen MR) is 121 cm³/mol. The van der Waals surface area contributed by atoms with Crippen molar-refractivity contribution in [1.29, 1.82) is 0 Å². The quantitative estimate of drug-likeness (QED) is 0.336. The number of nitrogens with two attached hydrogens (primary N) is 1. The molecule has 0 aromatic carbocycles. The van der Waals surface area contributed by atoms with E-state index >= 15 is 0 Å². The number of anilines is 1. The number of pyridine rings is 1. The van der Waals surface area contributed by atoms with Crippen molar-refractivity contribution in [3.8, 4) is 0 Å².